The van der Waals surface area contributed by atoms with Gasteiger partial charge in [0, 0.05) is 30.9 Å². The predicted octanol–water partition coefficient (Wildman–Crippen LogP) is 2.60. The standard InChI is InChI=1S/C14H18N2O4/c17-14(18)10-11-9-12(16(19)20)5-6-13(11)15-7-3-1-2-4-8-15/h5-6,9H,1-4,7-8,10H2,(H,17,18). The van der Waals surface area contributed by atoms with Crippen LogP contribution in [0.4, 0.5) is 11.4 Å². The van der Waals surface area contributed by atoms with Crippen LogP contribution in [0.1, 0.15) is 31.2 Å². The molecule has 20 heavy (non-hydrogen) atoms. The van der Waals surface area contributed by atoms with Crippen molar-refractivity contribution < 1.29 is 14.8 Å². The lowest BCUT2D eigenvalue weighted by Gasteiger charge is -2.25. The zero-order valence-corrected chi connectivity index (χ0v) is 11.2. The Balaban J connectivity index is 2.34. The van der Waals surface area contributed by atoms with E-state index in [9.17, 15) is 14.9 Å². The van der Waals surface area contributed by atoms with Gasteiger partial charge >= 0.3 is 5.97 Å². The first-order valence-corrected chi connectivity index (χ1v) is 6.82. The molecule has 108 valence electrons. The zero-order valence-electron chi connectivity index (χ0n) is 11.2. The minimum absolute atomic E-state index is 0.0557. The van der Waals surface area contributed by atoms with Crippen LogP contribution >= 0.6 is 0 Å². The van der Waals surface area contributed by atoms with E-state index in [-0.39, 0.29) is 12.1 Å². The van der Waals surface area contributed by atoms with E-state index in [1.807, 2.05) is 0 Å². The minimum Gasteiger partial charge on any atom is -0.481 e. The number of hydrogen-bond acceptors (Lipinski definition) is 4. The van der Waals surface area contributed by atoms with Crippen molar-refractivity contribution in [3.05, 3.63) is 33.9 Å². The Morgan fingerprint density at radius 1 is 1.25 bits per heavy atom. The molecule has 0 bridgehead atoms. The SMILES string of the molecule is O=C(O)Cc1cc([N+](=O)[O-])ccc1N1CCCCCC1. The van der Waals surface area contributed by atoms with Crippen LogP contribution in [0.5, 0.6) is 0 Å². The van der Waals surface area contributed by atoms with Gasteiger partial charge in [-0.05, 0) is 24.5 Å². The lowest BCUT2D eigenvalue weighted by atomic mass is 10.1. The van der Waals surface area contributed by atoms with Gasteiger partial charge in [0.25, 0.3) is 5.69 Å². The summed E-state index contributed by atoms with van der Waals surface area (Å²) in [6.45, 7) is 1.76. The molecular formula is C14H18N2O4. The van der Waals surface area contributed by atoms with Gasteiger partial charge in [-0.2, -0.15) is 0 Å². The quantitative estimate of drug-likeness (QED) is 0.676. The minimum atomic E-state index is -0.971. The van der Waals surface area contributed by atoms with Crippen molar-refractivity contribution in [2.75, 3.05) is 18.0 Å². The topological polar surface area (TPSA) is 83.7 Å². The first kappa shape index (κ1) is 14.3. The van der Waals surface area contributed by atoms with Gasteiger partial charge < -0.3 is 10.0 Å². The van der Waals surface area contributed by atoms with Gasteiger partial charge in [0.05, 0.1) is 11.3 Å². The number of hydrogen-bond donors (Lipinski definition) is 1. The Hall–Kier alpha value is -2.11. The van der Waals surface area contributed by atoms with Gasteiger partial charge in [-0.3, -0.25) is 14.9 Å². The lowest BCUT2D eigenvalue weighted by molar-refractivity contribution is -0.384. The van der Waals surface area contributed by atoms with E-state index in [1.165, 1.54) is 25.0 Å². The van der Waals surface area contributed by atoms with Crippen molar-refractivity contribution in [2.45, 2.75) is 32.1 Å². The predicted molar refractivity (Wildman–Crippen MR) is 75.1 cm³/mol. The number of nitro groups is 1. The molecule has 1 aliphatic heterocycles. The van der Waals surface area contributed by atoms with Crippen molar-refractivity contribution in [3.8, 4) is 0 Å². The second-order valence-corrected chi connectivity index (χ2v) is 5.04. The molecule has 0 aromatic heterocycles. The number of carbonyl (C=O) groups is 1. The van der Waals surface area contributed by atoms with Gasteiger partial charge in [0.15, 0.2) is 0 Å². The van der Waals surface area contributed by atoms with Crippen molar-refractivity contribution in [1.29, 1.82) is 0 Å². The van der Waals surface area contributed by atoms with Crippen molar-refractivity contribution >= 4 is 17.3 Å². The van der Waals surface area contributed by atoms with Crippen LogP contribution in [0.2, 0.25) is 0 Å². The van der Waals surface area contributed by atoms with Crippen LogP contribution in [-0.2, 0) is 11.2 Å². The number of nitro benzene ring substituents is 1. The number of benzene rings is 1. The third kappa shape index (κ3) is 3.46. The first-order valence-electron chi connectivity index (χ1n) is 6.82. The Morgan fingerprint density at radius 2 is 1.90 bits per heavy atom. The number of anilines is 1. The van der Waals surface area contributed by atoms with Crippen LogP contribution in [0, 0.1) is 10.1 Å². The summed E-state index contributed by atoms with van der Waals surface area (Å²) in [5.74, 6) is -0.971. The van der Waals surface area contributed by atoms with Crippen LogP contribution in [0.25, 0.3) is 0 Å². The summed E-state index contributed by atoms with van der Waals surface area (Å²) in [7, 11) is 0. The molecule has 0 saturated carbocycles. The van der Waals surface area contributed by atoms with Gasteiger partial charge in [0.2, 0.25) is 0 Å². The van der Waals surface area contributed by atoms with Crippen LogP contribution in [-0.4, -0.2) is 29.1 Å². The Labute approximate surface area is 117 Å². The molecule has 0 unspecified atom stereocenters. The molecule has 1 aromatic rings. The normalized spacial score (nSPS) is 15.7. The molecule has 1 heterocycles. The van der Waals surface area contributed by atoms with E-state index in [4.69, 9.17) is 5.11 Å². The van der Waals surface area contributed by atoms with Crippen molar-refractivity contribution in [3.63, 3.8) is 0 Å². The van der Waals surface area contributed by atoms with E-state index < -0.39 is 10.9 Å². The molecule has 2 rings (SSSR count). The zero-order chi connectivity index (χ0) is 14.5. The number of non-ortho nitro benzene ring substituents is 1. The number of aliphatic carboxylic acids is 1. The average Bonchev–Trinajstić information content (AvgIpc) is 2.66. The molecule has 0 radical (unpaired) electrons. The fourth-order valence-corrected chi connectivity index (χ4v) is 2.61. The number of carboxylic acid groups (broad SMARTS) is 1. The Bertz CT molecular complexity index is 508. The molecule has 1 saturated heterocycles. The van der Waals surface area contributed by atoms with E-state index in [2.05, 4.69) is 4.90 Å². The van der Waals surface area contributed by atoms with Crippen molar-refractivity contribution in [1.82, 2.24) is 0 Å². The summed E-state index contributed by atoms with van der Waals surface area (Å²) in [6.07, 6.45) is 4.32. The highest BCUT2D eigenvalue weighted by Gasteiger charge is 2.18. The van der Waals surface area contributed by atoms with E-state index in [0.29, 0.717) is 5.56 Å². The second-order valence-electron chi connectivity index (χ2n) is 5.04. The second kappa shape index (κ2) is 6.36. The lowest BCUT2D eigenvalue weighted by Crippen LogP contribution is -2.25. The Kier molecular flexibility index (Phi) is 4.55. The summed E-state index contributed by atoms with van der Waals surface area (Å²) in [5.41, 5.74) is 1.29. The molecule has 1 N–H and O–H groups in total. The van der Waals surface area contributed by atoms with Gasteiger partial charge in [-0.25, -0.2) is 0 Å². The molecule has 1 aromatic carbocycles. The van der Waals surface area contributed by atoms with Crippen LogP contribution < -0.4 is 4.90 Å². The fraction of sp³-hybridized carbons (Fsp3) is 0.500. The van der Waals surface area contributed by atoms with E-state index >= 15 is 0 Å². The molecule has 6 heteroatoms. The van der Waals surface area contributed by atoms with Gasteiger partial charge in [-0.1, -0.05) is 12.8 Å². The highest BCUT2D eigenvalue weighted by molar-refractivity contribution is 5.74. The molecule has 0 aliphatic carbocycles. The number of nitrogens with zero attached hydrogens (tertiary/aromatic N) is 2. The summed E-state index contributed by atoms with van der Waals surface area (Å²) in [5, 5.41) is 19.8. The van der Waals surface area contributed by atoms with Crippen LogP contribution in [0.15, 0.2) is 18.2 Å². The maximum Gasteiger partial charge on any atom is 0.307 e. The summed E-state index contributed by atoms with van der Waals surface area (Å²) in [4.78, 5) is 23.4. The maximum atomic E-state index is 11.0. The van der Waals surface area contributed by atoms with Gasteiger partial charge in [0.1, 0.15) is 0 Å². The molecule has 0 amide bonds. The average molecular weight is 278 g/mol. The van der Waals surface area contributed by atoms with E-state index in [1.54, 1.807) is 6.07 Å². The monoisotopic (exact) mass is 278 g/mol. The highest BCUT2D eigenvalue weighted by Crippen LogP contribution is 2.28. The third-order valence-corrected chi connectivity index (χ3v) is 3.56. The molecular weight excluding hydrogens is 260 g/mol. The van der Waals surface area contributed by atoms with Crippen LogP contribution in [0.3, 0.4) is 0 Å². The maximum absolute atomic E-state index is 11.0. The smallest absolute Gasteiger partial charge is 0.307 e. The highest BCUT2D eigenvalue weighted by atomic mass is 16.6. The van der Waals surface area contributed by atoms with E-state index in [0.717, 1.165) is 31.6 Å². The van der Waals surface area contributed by atoms with Gasteiger partial charge in [-0.15, -0.1) is 0 Å². The Morgan fingerprint density at radius 3 is 2.45 bits per heavy atom. The summed E-state index contributed by atoms with van der Waals surface area (Å²) in [6, 6.07) is 4.52. The summed E-state index contributed by atoms with van der Waals surface area (Å²) >= 11 is 0. The molecule has 0 spiro atoms. The number of rotatable bonds is 4. The largest absolute Gasteiger partial charge is 0.481 e. The fourth-order valence-electron chi connectivity index (χ4n) is 2.61. The summed E-state index contributed by atoms with van der Waals surface area (Å²) < 4.78 is 0. The first-order chi connectivity index (χ1) is 9.58. The molecule has 0 atom stereocenters. The molecule has 1 fully saturated rings. The third-order valence-electron chi connectivity index (χ3n) is 3.56. The van der Waals surface area contributed by atoms with Crippen molar-refractivity contribution in [2.24, 2.45) is 0 Å². The molecule has 6 nitrogen and oxygen atoms in total. The molecule has 1 aliphatic rings. The number of carboxylic acids is 1.